The number of pyridine rings is 1. The highest BCUT2D eigenvalue weighted by Gasteiger charge is 2.39. The van der Waals surface area contributed by atoms with Crippen LogP contribution in [0, 0.1) is 11.3 Å². The number of hydrogen-bond donors (Lipinski definition) is 1. The third kappa shape index (κ3) is 3.15. The Balaban J connectivity index is 1.55. The van der Waals surface area contributed by atoms with Crippen molar-refractivity contribution in [3.63, 3.8) is 0 Å². The average Bonchev–Trinajstić information content (AvgIpc) is 3.21. The SMILES string of the molecule is CC(C)Cn1cnc2cc(C(=O)N3CCCC4(CCNC4)C3)cnc21. The number of carbonyl (C=O) groups excluding carboxylic acids is 1. The van der Waals surface area contributed by atoms with E-state index >= 15 is 0 Å². The van der Waals surface area contributed by atoms with Crippen LogP contribution in [0.1, 0.15) is 43.5 Å². The molecule has 2 saturated heterocycles. The van der Waals surface area contributed by atoms with Crippen LogP contribution in [-0.4, -0.2) is 51.5 Å². The summed E-state index contributed by atoms with van der Waals surface area (Å²) < 4.78 is 2.06. The number of hydrogen-bond acceptors (Lipinski definition) is 4. The first-order chi connectivity index (χ1) is 12.1. The summed E-state index contributed by atoms with van der Waals surface area (Å²) in [6, 6.07) is 1.90. The molecule has 1 N–H and O–H groups in total. The van der Waals surface area contributed by atoms with Gasteiger partial charge in [-0.3, -0.25) is 4.79 Å². The van der Waals surface area contributed by atoms with Crippen molar-refractivity contribution in [1.82, 2.24) is 24.8 Å². The van der Waals surface area contributed by atoms with Crippen molar-refractivity contribution in [2.75, 3.05) is 26.2 Å². The number of aromatic nitrogens is 3. The van der Waals surface area contributed by atoms with E-state index in [1.54, 1.807) is 6.20 Å². The standard InChI is InChI=1S/C19H27N5O/c1-14(2)10-24-13-22-16-8-15(9-21-17(16)24)18(25)23-7-3-4-19(12-23)5-6-20-11-19/h8-9,13-14,20H,3-7,10-12H2,1-2H3. The van der Waals surface area contributed by atoms with Crippen LogP contribution in [0.25, 0.3) is 11.2 Å². The van der Waals surface area contributed by atoms with E-state index in [-0.39, 0.29) is 11.3 Å². The molecular weight excluding hydrogens is 314 g/mol. The molecule has 6 heteroatoms. The normalized spacial score (nSPS) is 23.9. The second-order valence-electron chi connectivity index (χ2n) is 8.11. The summed E-state index contributed by atoms with van der Waals surface area (Å²) in [4.78, 5) is 24.0. The number of nitrogens with zero attached hydrogens (tertiary/aromatic N) is 4. The molecule has 25 heavy (non-hydrogen) atoms. The average molecular weight is 341 g/mol. The fourth-order valence-corrected chi connectivity index (χ4v) is 4.30. The highest BCUT2D eigenvalue weighted by molar-refractivity contribution is 5.96. The molecule has 134 valence electrons. The van der Waals surface area contributed by atoms with Crippen molar-refractivity contribution >= 4 is 17.1 Å². The second-order valence-corrected chi connectivity index (χ2v) is 8.11. The molecule has 2 aliphatic heterocycles. The molecule has 0 radical (unpaired) electrons. The maximum Gasteiger partial charge on any atom is 0.255 e. The predicted molar refractivity (Wildman–Crippen MR) is 97.4 cm³/mol. The first-order valence-corrected chi connectivity index (χ1v) is 9.37. The number of nitrogens with one attached hydrogen (secondary N) is 1. The molecule has 4 rings (SSSR count). The first-order valence-electron chi connectivity index (χ1n) is 9.37. The molecule has 0 saturated carbocycles. The van der Waals surface area contributed by atoms with E-state index in [4.69, 9.17) is 0 Å². The van der Waals surface area contributed by atoms with E-state index in [1.807, 2.05) is 17.3 Å². The number of amides is 1. The summed E-state index contributed by atoms with van der Waals surface area (Å²) in [5.74, 6) is 0.629. The van der Waals surface area contributed by atoms with Crippen molar-refractivity contribution in [2.24, 2.45) is 11.3 Å². The van der Waals surface area contributed by atoms with Crippen molar-refractivity contribution < 1.29 is 4.79 Å². The minimum Gasteiger partial charge on any atom is -0.338 e. The molecule has 1 unspecified atom stereocenters. The molecule has 4 heterocycles. The van der Waals surface area contributed by atoms with Gasteiger partial charge in [-0.2, -0.15) is 0 Å². The van der Waals surface area contributed by atoms with Crippen LogP contribution in [0.5, 0.6) is 0 Å². The van der Waals surface area contributed by atoms with Gasteiger partial charge in [-0.05, 0) is 37.8 Å². The molecule has 0 aliphatic carbocycles. The molecule has 0 bridgehead atoms. The Labute approximate surface area is 148 Å². The van der Waals surface area contributed by atoms with Crippen LogP contribution < -0.4 is 5.32 Å². The summed E-state index contributed by atoms with van der Waals surface area (Å²) in [6.07, 6.45) is 7.03. The van der Waals surface area contributed by atoms with Gasteiger partial charge in [0.15, 0.2) is 5.65 Å². The molecule has 2 fully saturated rings. The molecule has 1 amide bonds. The summed E-state index contributed by atoms with van der Waals surface area (Å²) in [5.41, 5.74) is 2.61. The topological polar surface area (TPSA) is 63.1 Å². The maximum absolute atomic E-state index is 13.0. The number of piperidine rings is 1. The Morgan fingerprint density at radius 1 is 1.36 bits per heavy atom. The summed E-state index contributed by atoms with van der Waals surface area (Å²) in [6.45, 7) is 9.05. The third-order valence-corrected chi connectivity index (χ3v) is 5.55. The van der Waals surface area contributed by atoms with Crippen molar-refractivity contribution in [1.29, 1.82) is 0 Å². The Morgan fingerprint density at radius 2 is 2.24 bits per heavy atom. The third-order valence-electron chi connectivity index (χ3n) is 5.55. The van der Waals surface area contributed by atoms with E-state index in [2.05, 4.69) is 33.7 Å². The van der Waals surface area contributed by atoms with Crippen LogP contribution in [0.2, 0.25) is 0 Å². The molecule has 0 aromatic carbocycles. The Bertz CT molecular complexity index is 775. The minimum absolute atomic E-state index is 0.0961. The lowest BCUT2D eigenvalue weighted by atomic mass is 9.79. The van der Waals surface area contributed by atoms with Crippen LogP contribution in [0.4, 0.5) is 0 Å². The van der Waals surface area contributed by atoms with Crippen molar-refractivity contribution in [3.8, 4) is 0 Å². The minimum atomic E-state index is 0.0961. The predicted octanol–water partition coefficient (Wildman–Crippen LogP) is 2.30. The molecule has 2 aliphatic rings. The Morgan fingerprint density at radius 3 is 3.00 bits per heavy atom. The quantitative estimate of drug-likeness (QED) is 0.930. The number of fused-ring (bicyclic) bond motifs is 1. The molecule has 2 aromatic rings. The fourth-order valence-electron chi connectivity index (χ4n) is 4.30. The van der Waals surface area contributed by atoms with E-state index in [0.717, 1.165) is 50.3 Å². The van der Waals surface area contributed by atoms with Crippen LogP contribution >= 0.6 is 0 Å². The van der Waals surface area contributed by atoms with E-state index in [0.29, 0.717) is 11.5 Å². The second kappa shape index (κ2) is 6.41. The van der Waals surface area contributed by atoms with E-state index in [1.165, 1.54) is 12.8 Å². The largest absolute Gasteiger partial charge is 0.338 e. The Hall–Kier alpha value is -1.95. The number of imidazole rings is 1. The smallest absolute Gasteiger partial charge is 0.255 e. The van der Waals surface area contributed by atoms with Crippen molar-refractivity contribution in [2.45, 2.75) is 39.7 Å². The van der Waals surface area contributed by atoms with E-state index in [9.17, 15) is 4.79 Å². The number of carbonyl (C=O) groups is 1. The van der Waals surface area contributed by atoms with Gasteiger partial charge in [0.25, 0.3) is 5.91 Å². The van der Waals surface area contributed by atoms with Gasteiger partial charge in [0.1, 0.15) is 5.52 Å². The number of rotatable bonds is 3. The van der Waals surface area contributed by atoms with Crippen LogP contribution in [0.15, 0.2) is 18.6 Å². The Kier molecular flexibility index (Phi) is 4.23. The lowest BCUT2D eigenvalue weighted by Crippen LogP contribution is -2.47. The van der Waals surface area contributed by atoms with Crippen molar-refractivity contribution in [3.05, 3.63) is 24.2 Å². The summed E-state index contributed by atoms with van der Waals surface area (Å²) in [7, 11) is 0. The maximum atomic E-state index is 13.0. The van der Waals surface area contributed by atoms with Gasteiger partial charge in [-0.25, -0.2) is 9.97 Å². The zero-order valence-electron chi connectivity index (χ0n) is 15.2. The highest BCUT2D eigenvalue weighted by Crippen LogP contribution is 2.36. The van der Waals surface area contributed by atoms with Crippen LogP contribution in [0.3, 0.4) is 0 Å². The lowest BCUT2D eigenvalue weighted by molar-refractivity contribution is 0.0553. The fraction of sp³-hybridized carbons (Fsp3) is 0.632. The molecule has 1 atom stereocenters. The monoisotopic (exact) mass is 341 g/mol. The van der Waals surface area contributed by atoms with Gasteiger partial charge in [0, 0.05) is 37.8 Å². The zero-order chi connectivity index (χ0) is 17.4. The summed E-state index contributed by atoms with van der Waals surface area (Å²) in [5, 5.41) is 3.46. The molecule has 1 spiro atoms. The van der Waals surface area contributed by atoms with Crippen LogP contribution in [-0.2, 0) is 6.54 Å². The van der Waals surface area contributed by atoms with E-state index < -0.39 is 0 Å². The van der Waals surface area contributed by atoms with Gasteiger partial charge in [-0.1, -0.05) is 13.8 Å². The van der Waals surface area contributed by atoms with Gasteiger partial charge in [-0.15, -0.1) is 0 Å². The van der Waals surface area contributed by atoms with Gasteiger partial charge >= 0.3 is 0 Å². The van der Waals surface area contributed by atoms with Gasteiger partial charge < -0.3 is 14.8 Å². The lowest BCUT2D eigenvalue weighted by Gasteiger charge is -2.40. The molecule has 2 aromatic heterocycles. The van der Waals surface area contributed by atoms with Gasteiger partial charge in [0.2, 0.25) is 0 Å². The number of likely N-dealkylation sites (tertiary alicyclic amines) is 1. The first kappa shape index (κ1) is 16.5. The highest BCUT2D eigenvalue weighted by atomic mass is 16.2. The molecule has 6 nitrogen and oxygen atoms in total. The molecular formula is C19H27N5O. The van der Waals surface area contributed by atoms with Gasteiger partial charge in [0.05, 0.1) is 11.9 Å². The zero-order valence-corrected chi connectivity index (χ0v) is 15.2. The summed E-state index contributed by atoms with van der Waals surface area (Å²) >= 11 is 0.